The zero-order valence-electron chi connectivity index (χ0n) is 63.3. The van der Waals surface area contributed by atoms with Gasteiger partial charge in [0.2, 0.25) is 5.95 Å². The third-order valence-electron chi connectivity index (χ3n) is 22.7. The van der Waals surface area contributed by atoms with Crippen molar-refractivity contribution in [1.82, 2.24) is 28.7 Å². The Kier molecular flexibility index (Phi) is 18.3. The summed E-state index contributed by atoms with van der Waals surface area (Å²) >= 11 is 0. The van der Waals surface area contributed by atoms with Gasteiger partial charge in [-0.05, 0) is 249 Å². The lowest BCUT2D eigenvalue weighted by Crippen LogP contribution is -2.10. The van der Waals surface area contributed by atoms with Gasteiger partial charge in [0.25, 0.3) is 0 Å². The second-order valence-corrected chi connectivity index (χ2v) is 31.0. The van der Waals surface area contributed by atoms with Crippen LogP contribution in [0.15, 0.2) is 309 Å². The van der Waals surface area contributed by atoms with Gasteiger partial charge in [-0.2, -0.15) is 9.97 Å². The summed E-state index contributed by atoms with van der Waals surface area (Å²) in [6, 6.07) is 111. The molecule has 6 heteroatoms. The number of hydrogen-bond donors (Lipinski definition) is 0. The predicted molar refractivity (Wildman–Crippen MR) is 461 cm³/mol. The molecule has 1 aliphatic rings. The summed E-state index contributed by atoms with van der Waals surface area (Å²) in [5, 5.41) is 7.20. The summed E-state index contributed by atoms with van der Waals surface area (Å²) in [5.74, 6) is 1.84. The van der Waals surface area contributed by atoms with Crippen LogP contribution in [0, 0.1) is 0 Å². The van der Waals surface area contributed by atoms with E-state index in [2.05, 4.69) is 365 Å². The SMILES string of the molecule is CCCCc1ccc2c(c1)c1cc(CCCC)ccc1n2-c1ccccc1-c1nc(-c2ccccc2-n2c3ccc(CCCC)cc3c3cc(C(C)(C)C)ccc32)nc(-n2c3ccc(C4=CC(c5ccccc5)CC(c5ccccc5)=C4)cc3c3cc(-c4cc(-c5ccccc5)cc(-c5ccccc5)c4)ccc32)n1. The molecule has 1 unspecified atom stereocenters. The number of nitrogens with zero attached hydrogens (tertiary/aromatic N) is 6. The number of aryl methyl sites for hydroxylation is 3. The predicted octanol–water partition coefficient (Wildman–Crippen LogP) is 27.5. The monoisotopic (exact) mass is 1410 g/mol. The van der Waals surface area contributed by atoms with E-state index in [1.54, 1.807) is 0 Å². The van der Waals surface area contributed by atoms with Gasteiger partial charge >= 0.3 is 0 Å². The summed E-state index contributed by atoms with van der Waals surface area (Å²) in [6.07, 6.45) is 15.8. The molecule has 0 bridgehead atoms. The number of fused-ring (bicyclic) bond motifs is 9. The molecule has 4 heterocycles. The summed E-state index contributed by atoms with van der Waals surface area (Å²) in [5.41, 5.74) is 28.8. The third kappa shape index (κ3) is 13.1. The molecule has 4 aromatic heterocycles. The molecule has 13 aromatic carbocycles. The average molecular weight is 1410 g/mol. The van der Waals surface area contributed by atoms with Crippen LogP contribution in [0.3, 0.4) is 0 Å². The zero-order chi connectivity index (χ0) is 73.7. The Bertz CT molecular complexity index is 6230. The first kappa shape index (κ1) is 68.6. The van der Waals surface area contributed by atoms with E-state index in [0.29, 0.717) is 17.6 Å². The molecule has 0 amide bonds. The van der Waals surface area contributed by atoms with Crippen LogP contribution in [-0.4, -0.2) is 28.7 Å². The molecule has 1 atom stereocenters. The molecule has 0 saturated heterocycles. The van der Waals surface area contributed by atoms with E-state index < -0.39 is 0 Å². The Labute approximate surface area is 640 Å². The number of aromatic nitrogens is 6. The largest absolute Gasteiger partial charge is 0.309 e. The Morgan fingerprint density at radius 3 is 1.19 bits per heavy atom. The standard InChI is InChI=1S/C103H90N6/c1-7-10-29-68-44-50-94-86(56-68)87-57-69(30-11-8-2)45-51-95(87)107(94)92-42-27-25-40-84(92)100-104-101(85-41-26-28-43-93(85)108-96-52-46-70(31-12-9-3)58-88(96)91-67-83(103(4,5)6)49-55-97(91)108)106-102(105-100)109-98-53-47-75(81-61-77(71-32-17-13-18-33-71)59-78(62-81)72-34-19-14-20-35-72)65-89(98)90-66-76(48-54-99(90)109)82-63-79(73-36-21-15-22-37-73)60-80(64-82)74-38-23-16-24-39-74/h13-28,32-59,61-67,79H,7-12,29-31,60H2,1-6H3. The van der Waals surface area contributed by atoms with E-state index in [-0.39, 0.29) is 11.3 Å². The highest BCUT2D eigenvalue weighted by Crippen LogP contribution is 2.46. The first-order valence-corrected chi connectivity index (χ1v) is 39.5. The lowest BCUT2D eigenvalue weighted by atomic mass is 9.81. The van der Waals surface area contributed by atoms with Crippen molar-refractivity contribution in [3.05, 3.63) is 348 Å². The van der Waals surface area contributed by atoms with Gasteiger partial charge in [0.05, 0.1) is 44.5 Å². The topological polar surface area (TPSA) is 53.5 Å². The molecule has 1 aliphatic carbocycles. The number of allylic oxidation sites excluding steroid dienone is 4. The van der Waals surface area contributed by atoms with Gasteiger partial charge in [0, 0.05) is 49.4 Å². The van der Waals surface area contributed by atoms with Crippen LogP contribution >= 0.6 is 0 Å². The molecular weight excluding hydrogens is 1320 g/mol. The highest BCUT2D eigenvalue weighted by molar-refractivity contribution is 6.14. The van der Waals surface area contributed by atoms with Gasteiger partial charge < -0.3 is 9.13 Å². The van der Waals surface area contributed by atoms with Gasteiger partial charge in [-0.25, -0.2) is 4.98 Å². The third-order valence-corrected chi connectivity index (χ3v) is 22.7. The number of rotatable bonds is 20. The van der Waals surface area contributed by atoms with Crippen LogP contribution in [0.5, 0.6) is 0 Å². The smallest absolute Gasteiger partial charge is 0.238 e. The van der Waals surface area contributed by atoms with Crippen LogP contribution in [0.1, 0.15) is 131 Å². The Morgan fingerprint density at radius 1 is 0.330 bits per heavy atom. The van der Waals surface area contributed by atoms with Crippen molar-refractivity contribution in [3.8, 4) is 73.5 Å². The molecule has 0 radical (unpaired) electrons. The molecule has 109 heavy (non-hydrogen) atoms. The Balaban J connectivity index is 0.909. The van der Waals surface area contributed by atoms with E-state index in [1.165, 1.54) is 77.2 Å². The summed E-state index contributed by atoms with van der Waals surface area (Å²) in [4.78, 5) is 17.7. The lowest BCUT2D eigenvalue weighted by molar-refractivity contribution is 0.591. The number of benzene rings is 13. The zero-order valence-corrected chi connectivity index (χ0v) is 63.3. The van der Waals surface area contributed by atoms with Crippen LogP contribution < -0.4 is 0 Å². The molecule has 0 saturated carbocycles. The molecule has 532 valence electrons. The van der Waals surface area contributed by atoms with Gasteiger partial charge in [-0.3, -0.25) is 4.57 Å². The molecule has 0 fully saturated rings. The summed E-state index contributed by atoms with van der Waals surface area (Å²) in [7, 11) is 0. The quantitative estimate of drug-likeness (QED) is 0.0764. The molecular formula is C103H90N6. The van der Waals surface area contributed by atoms with Gasteiger partial charge in [0.15, 0.2) is 11.6 Å². The first-order chi connectivity index (χ1) is 53.5. The summed E-state index contributed by atoms with van der Waals surface area (Å²) in [6.45, 7) is 13.8. The maximum atomic E-state index is 5.93. The second kappa shape index (κ2) is 29.1. The van der Waals surface area contributed by atoms with Gasteiger partial charge in [0.1, 0.15) is 0 Å². The normalized spacial score (nSPS) is 13.4. The van der Waals surface area contributed by atoms with Crippen molar-refractivity contribution in [2.24, 2.45) is 0 Å². The van der Waals surface area contributed by atoms with Gasteiger partial charge in [-0.1, -0.05) is 255 Å². The molecule has 6 nitrogen and oxygen atoms in total. The van der Waals surface area contributed by atoms with Crippen molar-refractivity contribution in [1.29, 1.82) is 0 Å². The van der Waals surface area contributed by atoms with Crippen LogP contribution in [-0.2, 0) is 24.7 Å². The van der Waals surface area contributed by atoms with E-state index in [1.807, 2.05) is 0 Å². The lowest BCUT2D eigenvalue weighted by Gasteiger charge is -2.23. The van der Waals surface area contributed by atoms with Crippen molar-refractivity contribution >= 4 is 76.6 Å². The molecule has 17 aromatic rings. The van der Waals surface area contributed by atoms with Crippen molar-refractivity contribution in [2.75, 3.05) is 0 Å². The van der Waals surface area contributed by atoms with Crippen molar-refractivity contribution in [2.45, 2.75) is 117 Å². The summed E-state index contributed by atoms with van der Waals surface area (Å²) < 4.78 is 7.26. The minimum Gasteiger partial charge on any atom is -0.309 e. The highest BCUT2D eigenvalue weighted by atomic mass is 15.2. The second-order valence-electron chi connectivity index (χ2n) is 31.0. The molecule has 0 N–H and O–H groups in total. The fourth-order valence-electron chi connectivity index (χ4n) is 16.9. The molecule has 0 spiro atoms. The van der Waals surface area contributed by atoms with Crippen molar-refractivity contribution in [3.63, 3.8) is 0 Å². The van der Waals surface area contributed by atoms with E-state index in [0.717, 1.165) is 158 Å². The van der Waals surface area contributed by atoms with E-state index in [9.17, 15) is 0 Å². The molecule has 0 aliphatic heterocycles. The van der Waals surface area contributed by atoms with Crippen LogP contribution in [0.2, 0.25) is 0 Å². The fourth-order valence-corrected chi connectivity index (χ4v) is 16.9. The average Bonchev–Trinajstić information content (AvgIpc) is 1.60. The van der Waals surface area contributed by atoms with E-state index in [4.69, 9.17) is 15.0 Å². The van der Waals surface area contributed by atoms with Crippen molar-refractivity contribution < 1.29 is 0 Å². The maximum Gasteiger partial charge on any atom is 0.238 e. The Hall–Kier alpha value is -12.3. The minimum atomic E-state index is -0.0560. The van der Waals surface area contributed by atoms with Crippen LogP contribution in [0.25, 0.3) is 150 Å². The first-order valence-electron chi connectivity index (χ1n) is 39.5. The maximum absolute atomic E-state index is 5.93. The van der Waals surface area contributed by atoms with E-state index >= 15 is 0 Å². The minimum absolute atomic E-state index is 0.0560. The number of para-hydroxylation sites is 2. The number of unbranched alkanes of at least 4 members (excludes halogenated alkanes) is 3. The molecule has 18 rings (SSSR count). The van der Waals surface area contributed by atoms with Gasteiger partial charge in [-0.15, -0.1) is 0 Å². The Morgan fingerprint density at radius 2 is 0.716 bits per heavy atom. The number of hydrogen-bond acceptors (Lipinski definition) is 3. The highest BCUT2D eigenvalue weighted by Gasteiger charge is 2.28. The fraction of sp³-hybridized carbons (Fsp3) is 0.175. The van der Waals surface area contributed by atoms with Crippen LogP contribution in [0.4, 0.5) is 0 Å².